The van der Waals surface area contributed by atoms with Crippen LogP contribution >= 0.6 is 0 Å². The Bertz CT molecular complexity index is 1020. The molecule has 3 aromatic carbocycles. The molecule has 0 saturated carbocycles. The van der Waals surface area contributed by atoms with Crippen molar-refractivity contribution in [1.82, 2.24) is 4.57 Å². The lowest BCUT2D eigenvalue weighted by molar-refractivity contribution is 0.633. The molecule has 0 aliphatic carbocycles. The molecule has 1 nitrogen and oxygen atoms in total. The number of aryl methyl sites for hydroxylation is 2. The molecule has 1 aromatic heterocycles. The predicted molar refractivity (Wildman–Crippen MR) is 110 cm³/mol. The number of unbranched alkanes of at least 4 members (excludes halogenated alkanes) is 4. The van der Waals surface area contributed by atoms with Gasteiger partial charge in [0.2, 0.25) is 0 Å². The van der Waals surface area contributed by atoms with E-state index < -0.39 is 0 Å². The zero-order valence-electron chi connectivity index (χ0n) is 15.4. The molecule has 1 heteroatoms. The van der Waals surface area contributed by atoms with Gasteiger partial charge in [-0.2, -0.15) is 0 Å². The molecule has 1 heterocycles. The molecule has 0 radical (unpaired) electrons. The summed E-state index contributed by atoms with van der Waals surface area (Å²) in [4.78, 5) is 0. The molecule has 0 spiro atoms. The van der Waals surface area contributed by atoms with Crippen molar-refractivity contribution in [3.8, 4) is 0 Å². The van der Waals surface area contributed by atoms with Gasteiger partial charge >= 0.3 is 0 Å². The van der Waals surface area contributed by atoms with Crippen LogP contribution in [0.4, 0.5) is 0 Å². The summed E-state index contributed by atoms with van der Waals surface area (Å²) in [6, 6.07) is 20.2. The van der Waals surface area contributed by atoms with E-state index in [1.807, 2.05) is 0 Å². The highest BCUT2D eigenvalue weighted by Gasteiger charge is 2.13. The highest BCUT2D eigenvalue weighted by atomic mass is 14.9. The van der Waals surface area contributed by atoms with Gasteiger partial charge in [-0.05, 0) is 35.9 Å². The van der Waals surface area contributed by atoms with Gasteiger partial charge in [0.1, 0.15) is 0 Å². The van der Waals surface area contributed by atoms with E-state index in [0.29, 0.717) is 0 Å². The van der Waals surface area contributed by atoms with Crippen molar-refractivity contribution in [2.45, 2.75) is 45.4 Å². The average molecular weight is 329 g/mol. The maximum atomic E-state index is 2.46. The lowest BCUT2D eigenvalue weighted by atomic mass is 9.96. The van der Waals surface area contributed by atoms with Crippen molar-refractivity contribution in [2.24, 2.45) is 7.05 Å². The lowest BCUT2D eigenvalue weighted by Gasteiger charge is -2.10. The minimum absolute atomic E-state index is 1.18. The smallest absolute Gasteiger partial charge is 0.0568 e. The van der Waals surface area contributed by atoms with Gasteiger partial charge in [-0.15, -0.1) is 0 Å². The third-order valence-corrected chi connectivity index (χ3v) is 5.54. The fourth-order valence-corrected chi connectivity index (χ4v) is 4.24. The van der Waals surface area contributed by atoms with E-state index in [1.165, 1.54) is 76.7 Å². The molecule has 0 bridgehead atoms. The molecule has 0 aliphatic heterocycles. The van der Waals surface area contributed by atoms with Crippen molar-refractivity contribution in [2.75, 3.05) is 0 Å². The second kappa shape index (κ2) is 6.92. The van der Waals surface area contributed by atoms with Crippen LogP contribution in [-0.4, -0.2) is 4.57 Å². The number of benzene rings is 3. The lowest BCUT2D eigenvalue weighted by Crippen LogP contribution is -1.92. The molecule has 4 aromatic rings. The van der Waals surface area contributed by atoms with E-state index in [0.717, 1.165) is 0 Å². The molecule has 0 unspecified atom stereocenters. The summed E-state index contributed by atoms with van der Waals surface area (Å²) < 4.78 is 2.36. The molecule has 0 amide bonds. The summed E-state index contributed by atoms with van der Waals surface area (Å²) in [6.45, 7) is 2.28. The SMILES string of the molecule is CCCCCCCc1cc2c3ccccc3n(C)c2c2ccccc12. The topological polar surface area (TPSA) is 4.93 Å². The maximum absolute atomic E-state index is 2.46. The number of fused-ring (bicyclic) bond motifs is 5. The van der Waals surface area contributed by atoms with Gasteiger partial charge in [0, 0.05) is 28.7 Å². The van der Waals surface area contributed by atoms with Crippen molar-refractivity contribution in [1.29, 1.82) is 0 Å². The van der Waals surface area contributed by atoms with Gasteiger partial charge in [0.25, 0.3) is 0 Å². The summed E-state index contributed by atoms with van der Waals surface area (Å²) in [5, 5.41) is 5.59. The normalized spacial score (nSPS) is 11.8. The molecule has 0 fully saturated rings. The summed E-state index contributed by atoms with van der Waals surface area (Å²) in [7, 11) is 2.20. The van der Waals surface area contributed by atoms with E-state index in [9.17, 15) is 0 Å². The zero-order chi connectivity index (χ0) is 17.2. The van der Waals surface area contributed by atoms with Crippen LogP contribution in [0.25, 0.3) is 32.6 Å². The number of nitrogens with zero attached hydrogens (tertiary/aromatic N) is 1. The van der Waals surface area contributed by atoms with Crippen molar-refractivity contribution in [3.05, 3.63) is 60.2 Å². The Kier molecular flexibility index (Phi) is 4.48. The second-order valence-electron chi connectivity index (χ2n) is 7.22. The first kappa shape index (κ1) is 16.2. The number of para-hydroxylation sites is 1. The Morgan fingerprint density at radius 3 is 2.20 bits per heavy atom. The Morgan fingerprint density at radius 2 is 1.40 bits per heavy atom. The first-order chi connectivity index (χ1) is 12.3. The Labute approximate surface area is 150 Å². The van der Waals surface area contributed by atoms with Crippen molar-refractivity contribution in [3.63, 3.8) is 0 Å². The molecular formula is C24H27N. The van der Waals surface area contributed by atoms with Gasteiger partial charge in [0.05, 0.1) is 5.52 Å². The molecule has 0 atom stereocenters. The number of hydrogen-bond donors (Lipinski definition) is 0. The van der Waals surface area contributed by atoms with E-state index in [2.05, 4.69) is 73.1 Å². The van der Waals surface area contributed by atoms with Crippen LogP contribution in [0, 0.1) is 0 Å². The third kappa shape index (κ3) is 2.82. The number of aromatic nitrogens is 1. The highest BCUT2D eigenvalue weighted by molar-refractivity contribution is 6.18. The number of rotatable bonds is 6. The van der Waals surface area contributed by atoms with Crippen LogP contribution in [0.5, 0.6) is 0 Å². The summed E-state index contributed by atoms with van der Waals surface area (Å²) >= 11 is 0. The molecular weight excluding hydrogens is 302 g/mol. The molecule has 4 rings (SSSR count). The maximum Gasteiger partial charge on any atom is 0.0568 e. The summed E-state index contributed by atoms with van der Waals surface area (Å²) in [5.74, 6) is 0. The van der Waals surface area contributed by atoms with E-state index in [1.54, 1.807) is 0 Å². The molecule has 25 heavy (non-hydrogen) atoms. The van der Waals surface area contributed by atoms with E-state index in [-0.39, 0.29) is 0 Å². The molecule has 0 aliphatic rings. The van der Waals surface area contributed by atoms with Crippen LogP contribution in [-0.2, 0) is 13.5 Å². The second-order valence-corrected chi connectivity index (χ2v) is 7.22. The largest absolute Gasteiger partial charge is 0.343 e. The summed E-state index contributed by atoms with van der Waals surface area (Å²) in [6.07, 6.45) is 7.86. The summed E-state index contributed by atoms with van der Waals surface area (Å²) in [5.41, 5.74) is 4.20. The van der Waals surface area contributed by atoms with Crippen LogP contribution in [0.1, 0.15) is 44.6 Å². The minimum Gasteiger partial charge on any atom is -0.343 e. The predicted octanol–water partition coefficient (Wildman–Crippen LogP) is 7.00. The van der Waals surface area contributed by atoms with Gasteiger partial charge in [0.15, 0.2) is 0 Å². The molecule has 0 N–H and O–H groups in total. The van der Waals surface area contributed by atoms with Crippen LogP contribution in [0.15, 0.2) is 54.6 Å². The molecule has 128 valence electrons. The van der Waals surface area contributed by atoms with Gasteiger partial charge in [-0.25, -0.2) is 0 Å². The van der Waals surface area contributed by atoms with Gasteiger partial charge in [-0.3, -0.25) is 0 Å². The fraction of sp³-hybridized carbons (Fsp3) is 0.333. The van der Waals surface area contributed by atoms with Crippen LogP contribution in [0.2, 0.25) is 0 Å². The third-order valence-electron chi connectivity index (χ3n) is 5.54. The van der Waals surface area contributed by atoms with Crippen molar-refractivity contribution >= 4 is 32.6 Å². The van der Waals surface area contributed by atoms with Crippen LogP contribution in [0.3, 0.4) is 0 Å². The Morgan fingerprint density at radius 1 is 0.720 bits per heavy atom. The van der Waals surface area contributed by atoms with Gasteiger partial charge < -0.3 is 4.57 Å². The molecule has 0 saturated heterocycles. The Hall–Kier alpha value is -2.28. The number of hydrogen-bond acceptors (Lipinski definition) is 0. The highest BCUT2D eigenvalue weighted by Crippen LogP contribution is 2.35. The van der Waals surface area contributed by atoms with Gasteiger partial charge in [-0.1, -0.05) is 75.1 Å². The Balaban J connectivity index is 1.86. The quantitative estimate of drug-likeness (QED) is 0.336. The van der Waals surface area contributed by atoms with Crippen LogP contribution < -0.4 is 0 Å². The zero-order valence-corrected chi connectivity index (χ0v) is 15.4. The van der Waals surface area contributed by atoms with E-state index >= 15 is 0 Å². The van der Waals surface area contributed by atoms with E-state index in [4.69, 9.17) is 0 Å². The average Bonchev–Trinajstić information content (AvgIpc) is 2.94. The van der Waals surface area contributed by atoms with Crippen molar-refractivity contribution < 1.29 is 0 Å². The first-order valence-corrected chi connectivity index (χ1v) is 9.69. The monoisotopic (exact) mass is 329 g/mol. The first-order valence-electron chi connectivity index (χ1n) is 9.69. The standard InChI is InChI=1S/C24H27N/c1-3-4-5-6-7-12-18-17-22-20-14-10-11-16-23(20)25(2)24(22)21-15-9-8-13-19(18)21/h8-11,13-17H,3-7,12H2,1-2H3. The fourth-order valence-electron chi connectivity index (χ4n) is 4.24. The minimum atomic E-state index is 1.18.